The molecule has 0 aromatic rings. The predicted molar refractivity (Wildman–Crippen MR) is 56.8 cm³/mol. The molecule has 0 N–H and O–H groups in total. The van der Waals surface area contributed by atoms with Crippen LogP contribution in [0.4, 0.5) is 0 Å². The van der Waals surface area contributed by atoms with E-state index in [1.807, 2.05) is 6.92 Å². The second-order valence-corrected chi connectivity index (χ2v) is 4.21. The van der Waals surface area contributed by atoms with Gasteiger partial charge in [0.2, 0.25) is 5.54 Å². The van der Waals surface area contributed by atoms with Gasteiger partial charge in [-0.15, -0.1) is 6.58 Å². The third-order valence-corrected chi connectivity index (χ3v) is 3.20. The van der Waals surface area contributed by atoms with Gasteiger partial charge in [-0.1, -0.05) is 17.2 Å². The summed E-state index contributed by atoms with van der Waals surface area (Å²) in [5.41, 5.74) is 1.71. The van der Waals surface area contributed by atoms with E-state index < -0.39 is 5.54 Å². The van der Waals surface area contributed by atoms with E-state index in [1.165, 1.54) is 11.1 Å². The lowest BCUT2D eigenvalue weighted by Crippen LogP contribution is -2.40. The van der Waals surface area contributed by atoms with Crippen molar-refractivity contribution in [1.82, 2.24) is 0 Å². The maximum absolute atomic E-state index is 11.1. The van der Waals surface area contributed by atoms with Crippen molar-refractivity contribution in [3.8, 4) is 0 Å². The van der Waals surface area contributed by atoms with Crippen LogP contribution >= 0.6 is 0 Å². The van der Waals surface area contributed by atoms with E-state index in [9.17, 15) is 10.1 Å². The monoisotopic (exact) mass is 195 g/mol. The van der Waals surface area contributed by atoms with Gasteiger partial charge in [0.25, 0.3) is 0 Å². The molecule has 0 amide bonds. The molecule has 0 aromatic carbocycles. The molecule has 0 saturated carbocycles. The van der Waals surface area contributed by atoms with E-state index in [1.54, 1.807) is 6.08 Å². The summed E-state index contributed by atoms with van der Waals surface area (Å²) < 4.78 is 0. The van der Waals surface area contributed by atoms with E-state index >= 15 is 0 Å². The Kier molecular flexibility index (Phi) is 3.09. The topological polar surface area (TPSA) is 43.1 Å². The van der Waals surface area contributed by atoms with Crippen LogP contribution in [0.25, 0.3) is 0 Å². The summed E-state index contributed by atoms with van der Waals surface area (Å²) in [5, 5.41) is 11.1. The minimum atomic E-state index is -0.772. The SMILES string of the molecule is C=CCC1([N+](=O)[O-])CCC(C)=C(C)C1. The fourth-order valence-corrected chi connectivity index (χ4v) is 2.04. The number of nitrogens with zero attached hydrogens (tertiary/aromatic N) is 1. The van der Waals surface area contributed by atoms with Crippen LogP contribution in [-0.2, 0) is 0 Å². The van der Waals surface area contributed by atoms with Crippen molar-refractivity contribution in [1.29, 1.82) is 0 Å². The highest BCUT2D eigenvalue weighted by Crippen LogP contribution is 2.37. The van der Waals surface area contributed by atoms with E-state index in [2.05, 4.69) is 13.5 Å². The summed E-state index contributed by atoms with van der Waals surface area (Å²) in [5.74, 6) is 0. The van der Waals surface area contributed by atoms with Crippen molar-refractivity contribution in [2.45, 2.75) is 45.1 Å². The van der Waals surface area contributed by atoms with Gasteiger partial charge in [-0.2, -0.15) is 0 Å². The zero-order chi connectivity index (χ0) is 10.8. The minimum Gasteiger partial charge on any atom is -0.264 e. The molecule has 1 atom stereocenters. The van der Waals surface area contributed by atoms with Crippen molar-refractivity contribution in [3.05, 3.63) is 33.9 Å². The Hall–Kier alpha value is -1.12. The Labute approximate surface area is 84.7 Å². The average Bonchev–Trinajstić information content (AvgIpc) is 2.12. The number of rotatable bonds is 3. The average molecular weight is 195 g/mol. The molecular weight excluding hydrogens is 178 g/mol. The fraction of sp³-hybridized carbons (Fsp3) is 0.636. The Morgan fingerprint density at radius 2 is 2.21 bits per heavy atom. The van der Waals surface area contributed by atoms with Gasteiger partial charge in [-0.25, -0.2) is 0 Å². The Morgan fingerprint density at radius 1 is 1.57 bits per heavy atom. The zero-order valence-electron chi connectivity index (χ0n) is 8.88. The third-order valence-electron chi connectivity index (χ3n) is 3.20. The molecule has 0 aliphatic heterocycles. The molecule has 1 aliphatic rings. The summed E-state index contributed by atoms with van der Waals surface area (Å²) >= 11 is 0. The zero-order valence-corrected chi connectivity index (χ0v) is 8.88. The van der Waals surface area contributed by atoms with Crippen molar-refractivity contribution in [2.75, 3.05) is 0 Å². The van der Waals surface area contributed by atoms with Gasteiger partial charge in [-0.05, 0) is 20.3 Å². The van der Waals surface area contributed by atoms with Crippen LogP contribution in [0, 0.1) is 10.1 Å². The van der Waals surface area contributed by atoms with Crippen molar-refractivity contribution in [3.63, 3.8) is 0 Å². The van der Waals surface area contributed by atoms with Crippen LogP contribution in [0.3, 0.4) is 0 Å². The second kappa shape index (κ2) is 3.95. The van der Waals surface area contributed by atoms with Gasteiger partial charge in [-0.3, -0.25) is 10.1 Å². The Bertz CT molecular complexity index is 294. The molecule has 0 radical (unpaired) electrons. The Morgan fingerprint density at radius 3 is 2.64 bits per heavy atom. The lowest BCUT2D eigenvalue weighted by atomic mass is 9.77. The standard InChI is InChI=1S/C11H17NO2/c1-4-6-11(12(13)14)7-5-9(2)10(3)8-11/h4H,1,5-8H2,2-3H3. The number of hydrogen-bond donors (Lipinski definition) is 0. The van der Waals surface area contributed by atoms with E-state index in [4.69, 9.17) is 0 Å². The molecule has 1 rings (SSSR count). The molecule has 0 heterocycles. The van der Waals surface area contributed by atoms with Crippen LogP contribution in [-0.4, -0.2) is 10.5 Å². The molecule has 0 fully saturated rings. The lowest BCUT2D eigenvalue weighted by Gasteiger charge is -2.29. The molecule has 0 saturated heterocycles. The lowest BCUT2D eigenvalue weighted by molar-refractivity contribution is -0.571. The van der Waals surface area contributed by atoms with Crippen molar-refractivity contribution in [2.24, 2.45) is 0 Å². The molecule has 14 heavy (non-hydrogen) atoms. The Balaban J connectivity index is 2.93. The van der Waals surface area contributed by atoms with Crippen LogP contribution in [0.2, 0.25) is 0 Å². The second-order valence-electron chi connectivity index (χ2n) is 4.21. The number of hydrogen-bond acceptors (Lipinski definition) is 2. The summed E-state index contributed by atoms with van der Waals surface area (Å²) in [6.07, 6.45) is 4.22. The van der Waals surface area contributed by atoms with Gasteiger partial charge in [0.15, 0.2) is 0 Å². The van der Waals surface area contributed by atoms with E-state index in [0.29, 0.717) is 19.3 Å². The van der Waals surface area contributed by atoms with Crippen molar-refractivity contribution < 1.29 is 4.92 Å². The summed E-state index contributed by atoms with van der Waals surface area (Å²) in [7, 11) is 0. The molecule has 1 unspecified atom stereocenters. The molecule has 1 aliphatic carbocycles. The first-order valence-electron chi connectivity index (χ1n) is 4.92. The fourth-order valence-electron chi connectivity index (χ4n) is 2.04. The smallest absolute Gasteiger partial charge is 0.229 e. The van der Waals surface area contributed by atoms with Gasteiger partial charge < -0.3 is 0 Å². The highest BCUT2D eigenvalue weighted by atomic mass is 16.6. The summed E-state index contributed by atoms with van der Waals surface area (Å²) in [6, 6.07) is 0. The van der Waals surface area contributed by atoms with Gasteiger partial charge >= 0.3 is 0 Å². The largest absolute Gasteiger partial charge is 0.264 e. The van der Waals surface area contributed by atoms with Gasteiger partial charge in [0, 0.05) is 24.2 Å². The summed E-state index contributed by atoms with van der Waals surface area (Å²) in [6.45, 7) is 7.66. The van der Waals surface area contributed by atoms with Crippen molar-refractivity contribution >= 4 is 0 Å². The highest BCUT2D eigenvalue weighted by Gasteiger charge is 2.43. The highest BCUT2D eigenvalue weighted by molar-refractivity contribution is 5.18. The maximum atomic E-state index is 11.1. The number of nitro groups is 1. The third kappa shape index (κ3) is 1.86. The van der Waals surface area contributed by atoms with Crippen LogP contribution < -0.4 is 0 Å². The summed E-state index contributed by atoms with van der Waals surface area (Å²) in [4.78, 5) is 10.9. The maximum Gasteiger partial charge on any atom is 0.229 e. The van der Waals surface area contributed by atoms with Crippen LogP contribution in [0.15, 0.2) is 23.8 Å². The first kappa shape index (κ1) is 11.0. The van der Waals surface area contributed by atoms with E-state index in [0.717, 1.165) is 6.42 Å². The molecular formula is C11H17NO2. The minimum absolute atomic E-state index is 0.120. The molecule has 0 bridgehead atoms. The molecule has 3 nitrogen and oxygen atoms in total. The first-order valence-corrected chi connectivity index (χ1v) is 4.92. The van der Waals surface area contributed by atoms with Crippen LogP contribution in [0.5, 0.6) is 0 Å². The normalized spacial score (nSPS) is 27.6. The molecule has 0 spiro atoms. The van der Waals surface area contributed by atoms with Gasteiger partial charge in [0.1, 0.15) is 0 Å². The first-order chi connectivity index (χ1) is 6.52. The molecule has 78 valence electrons. The molecule has 3 heteroatoms. The van der Waals surface area contributed by atoms with Gasteiger partial charge in [0.05, 0.1) is 0 Å². The molecule has 0 aromatic heterocycles. The number of allylic oxidation sites excluding steroid dienone is 1. The van der Waals surface area contributed by atoms with Crippen LogP contribution in [0.1, 0.15) is 39.5 Å². The quantitative estimate of drug-likeness (QED) is 0.394. The predicted octanol–water partition coefficient (Wildman–Crippen LogP) is 3.10. The van der Waals surface area contributed by atoms with E-state index in [-0.39, 0.29) is 4.92 Å².